The van der Waals surface area contributed by atoms with Crippen LogP contribution in [0.25, 0.3) is 0 Å². The number of ketones is 1. The maximum atomic E-state index is 11.7. The summed E-state index contributed by atoms with van der Waals surface area (Å²) in [7, 11) is 0. The van der Waals surface area contributed by atoms with Crippen molar-refractivity contribution in [1.29, 1.82) is 0 Å². The minimum absolute atomic E-state index is 0.0313. The van der Waals surface area contributed by atoms with E-state index in [1.807, 2.05) is 25.1 Å². The number of hydrogen-bond acceptors (Lipinski definition) is 3. The summed E-state index contributed by atoms with van der Waals surface area (Å²) in [6.45, 7) is 3.95. The van der Waals surface area contributed by atoms with Crippen molar-refractivity contribution in [3.8, 4) is 0 Å². The first-order valence-electron chi connectivity index (χ1n) is 5.29. The molecule has 2 N–H and O–H groups in total. The Morgan fingerprint density at radius 2 is 2.06 bits per heavy atom. The lowest BCUT2D eigenvalue weighted by molar-refractivity contribution is 0.104. The SMILES string of the molecule is C/C(=C\C(=O)c1ccccc1)NCC(C)O. The average molecular weight is 219 g/mol. The molecule has 0 bridgehead atoms. The van der Waals surface area contributed by atoms with Crippen molar-refractivity contribution in [2.45, 2.75) is 20.0 Å². The van der Waals surface area contributed by atoms with Crippen molar-refractivity contribution in [3.63, 3.8) is 0 Å². The first-order valence-corrected chi connectivity index (χ1v) is 5.29. The Hall–Kier alpha value is -1.61. The molecule has 1 aromatic rings. The van der Waals surface area contributed by atoms with Crippen LogP contribution < -0.4 is 5.32 Å². The van der Waals surface area contributed by atoms with Crippen molar-refractivity contribution in [2.24, 2.45) is 0 Å². The van der Waals surface area contributed by atoms with Crippen LogP contribution in [0.2, 0.25) is 0 Å². The van der Waals surface area contributed by atoms with E-state index in [2.05, 4.69) is 5.32 Å². The second-order valence-corrected chi connectivity index (χ2v) is 3.79. The fourth-order valence-electron chi connectivity index (χ4n) is 1.24. The molecule has 0 aromatic heterocycles. The fraction of sp³-hybridized carbons (Fsp3) is 0.308. The number of aliphatic hydroxyl groups is 1. The lowest BCUT2D eigenvalue weighted by atomic mass is 10.1. The summed E-state index contributed by atoms with van der Waals surface area (Å²) in [5.41, 5.74) is 1.43. The third-order valence-corrected chi connectivity index (χ3v) is 2.08. The average Bonchev–Trinajstić information content (AvgIpc) is 2.27. The van der Waals surface area contributed by atoms with Crippen molar-refractivity contribution < 1.29 is 9.90 Å². The van der Waals surface area contributed by atoms with E-state index in [1.54, 1.807) is 19.1 Å². The first kappa shape index (κ1) is 12.5. The van der Waals surface area contributed by atoms with Crippen molar-refractivity contribution in [2.75, 3.05) is 6.54 Å². The molecule has 0 heterocycles. The molecule has 0 radical (unpaired) electrons. The highest BCUT2D eigenvalue weighted by Crippen LogP contribution is 2.02. The number of aliphatic hydroxyl groups excluding tert-OH is 1. The van der Waals surface area contributed by atoms with Gasteiger partial charge in [-0.2, -0.15) is 0 Å². The van der Waals surface area contributed by atoms with Crippen LogP contribution in [0.3, 0.4) is 0 Å². The third-order valence-electron chi connectivity index (χ3n) is 2.08. The third kappa shape index (κ3) is 4.28. The van der Waals surface area contributed by atoms with E-state index in [9.17, 15) is 4.79 Å². The van der Waals surface area contributed by atoms with Crippen LogP contribution in [0.5, 0.6) is 0 Å². The summed E-state index contributed by atoms with van der Waals surface area (Å²) in [5, 5.41) is 12.1. The summed E-state index contributed by atoms with van der Waals surface area (Å²) in [6, 6.07) is 9.10. The fourth-order valence-corrected chi connectivity index (χ4v) is 1.24. The highest BCUT2D eigenvalue weighted by atomic mass is 16.3. The van der Waals surface area contributed by atoms with Gasteiger partial charge in [0.25, 0.3) is 0 Å². The maximum Gasteiger partial charge on any atom is 0.187 e. The molecule has 1 rings (SSSR count). The Bertz CT molecular complexity index is 369. The van der Waals surface area contributed by atoms with Crippen LogP contribution in [0.15, 0.2) is 42.1 Å². The lowest BCUT2D eigenvalue weighted by Crippen LogP contribution is -2.23. The molecule has 0 aliphatic rings. The Kier molecular flexibility index (Phi) is 4.73. The monoisotopic (exact) mass is 219 g/mol. The van der Waals surface area contributed by atoms with Crippen molar-refractivity contribution in [1.82, 2.24) is 5.32 Å². The molecule has 0 aliphatic carbocycles. The second kappa shape index (κ2) is 6.08. The Labute approximate surface area is 95.8 Å². The minimum Gasteiger partial charge on any atom is -0.392 e. The van der Waals surface area contributed by atoms with Gasteiger partial charge in [0.1, 0.15) is 0 Å². The van der Waals surface area contributed by atoms with Gasteiger partial charge in [-0.25, -0.2) is 0 Å². The molecular formula is C13H17NO2. The summed E-state index contributed by atoms with van der Waals surface area (Å²) in [5.74, 6) is -0.0313. The summed E-state index contributed by atoms with van der Waals surface area (Å²) in [6.07, 6.45) is 1.12. The molecule has 0 aliphatic heterocycles. The van der Waals surface area contributed by atoms with Gasteiger partial charge in [-0.3, -0.25) is 4.79 Å². The van der Waals surface area contributed by atoms with E-state index in [4.69, 9.17) is 5.11 Å². The van der Waals surface area contributed by atoms with Gasteiger partial charge in [0, 0.05) is 23.9 Å². The molecule has 0 saturated carbocycles. The lowest BCUT2D eigenvalue weighted by Gasteiger charge is -2.08. The van der Waals surface area contributed by atoms with Gasteiger partial charge in [0.05, 0.1) is 6.10 Å². The zero-order valence-corrected chi connectivity index (χ0v) is 9.60. The molecule has 3 heteroatoms. The Morgan fingerprint density at radius 1 is 1.44 bits per heavy atom. The molecule has 1 aromatic carbocycles. The van der Waals surface area contributed by atoms with Crippen LogP contribution in [-0.4, -0.2) is 23.5 Å². The molecule has 86 valence electrons. The molecule has 0 fully saturated rings. The number of rotatable bonds is 5. The Balaban J connectivity index is 2.59. The van der Waals surface area contributed by atoms with Crippen LogP contribution in [0.4, 0.5) is 0 Å². The zero-order chi connectivity index (χ0) is 12.0. The van der Waals surface area contributed by atoms with Gasteiger partial charge in [-0.1, -0.05) is 30.3 Å². The molecule has 3 nitrogen and oxygen atoms in total. The maximum absolute atomic E-state index is 11.7. The summed E-state index contributed by atoms with van der Waals surface area (Å²) in [4.78, 5) is 11.7. The molecule has 16 heavy (non-hydrogen) atoms. The number of benzene rings is 1. The van der Waals surface area contributed by atoms with Gasteiger partial charge in [-0.15, -0.1) is 0 Å². The molecule has 0 saturated heterocycles. The van der Waals surface area contributed by atoms with E-state index in [-0.39, 0.29) is 5.78 Å². The largest absolute Gasteiger partial charge is 0.392 e. The van der Waals surface area contributed by atoms with Crippen LogP contribution in [0.1, 0.15) is 24.2 Å². The van der Waals surface area contributed by atoms with Crippen LogP contribution in [0, 0.1) is 0 Å². The molecular weight excluding hydrogens is 202 g/mol. The summed E-state index contributed by atoms with van der Waals surface area (Å²) >= 11 is 0. The van der Waals surface area contributed by atoms with Crippen LogP contribution >= 0.6 is 0 Å². The predicted octanol–water partition coefficient (Wildman–Crippen LogP) is 1.74. The van der Waals surface area contributed by atoms with Gasteiger partial charge in [0.15, 0.2) is 5.78 Å². The van der Waals surface area contributed by atoms with Crippen molar-refractivity contribution in [3.05, 3.63) is 47.7 Å². The minimum atomic E-state index is -0.421. The quantitative estimate of drug-likeness (QED) is 0.586. The molecule has 1 atom stereocenters. The van der Waals surface area contributed by atoms with E-state index in [0.717, 1.165) is 5.70 Å². The number of nitrogens with one attached hydrogen (secondary N) is 1. The van der Waals surface area contributed by atoms with E-state index in [0.29, 0.717) is 12.1 Å². The van der Waals surface area contributed by atoms with Gasteiger partial charge < -0.3 is 10.4 Å². The molecule has 0 amide bonds. The predicted molar refractivity (Wildman–Crippen MR) is 64.2 cm³/mol. The zero-order valence-electron chi connectivity index (χ0n) is 9.60. The number of carbonyl (C=O) groups excluding carboxylic acids is 1. The Morgan fingerprint density at radius 3 is 2.62 bits per heavy atom. The number of carbonyl (C=O) groups is 1. The highest BCUT2D eigenvalue weighted by molar-refractivity contribution is 6.04. The van der Waals surface area contributed by atoms with E-state index < -0.39 is 6.10 Å². The van der Waals surface area contributed by atoms with Gasteiger partial charge in [0.2, 0.25) is 0 Å². The molecule has 1 unspecified atom stereocenters. The van der Waals surface area contributed by atoms with Gasteiger partial charge >= 0.3 is 0 Å². The van der Waals surface area contributed by atoms with E-state index >= 15 is 0 Å². The highest BCUT2D eigenvalue weighted by Gasteiger charge is 2.02. The smallest absolute Gasteiger partial charge is 0.187 e. The summed E-state index contributed by atoms with van der Waals surface area (Å²) < 4.78 is 0. The standard InChI is InChI=1S/C13H17NO2/c1-10(14-9-11(2)15)8-13(16)12-6-4-3-5-7-12/h3-8,11,14-15H,9H2,1-2H3/b10-8+. The van der Waals surface area contributed by atoms with E-state index in [1.165, 1.54) is 6.08 Å². The first-order chi connectivity index (χ1) is 7.59. The number of allylic oxidation sites excluding steroid dienone is 2. The van der Waals surface area contributed by atoms with Crippen molar-refractivity contribution >= 4 is 5.78 Å². The molecule has 0 spiro atoms. The normalized spacial score (nSPS) is 13.3. The van der Waals surface area contributed by atoms with Gasteiger partial charge in [-0.05, 0) is 13.8 Å². The number of hydrogen-bond donors (Lipinski definition) is 2. The topological polar surface area (TPSA) is 49.3 Å². The second-order valence-electron chi connectivity index (χ2n) is 3.79. The van der Waals surface area contributed by atoms with Crippen LogP contribution in [-0.2, 0) is 0 Å².